The summed E-state index contributed by atoms with van der Waals surface area (Å²) in [5.74, 6) is -0.0109. The minimum Gasteiger partial charge on any atom is -0.409 e. The molecule has 0 radical (unpaired) electrons. The molecule has 0 spiro atoms. The van der Waals surface area contributed by atoms with Gasteiger partial charge in [0.15, 0.2) is 5.84 Å². The summed E-state index contributed by atoms with van der Waals surface area (Å²) >= 11 is 1.45. The van der Waals surface area contributed by atoms with Crippen LogP contribution in [0.2, 0.25) is 0 Å². The molecule has 4 aromatic rings. The molecule has 0 amide bonds. The zero-order valence-electron chi connectivity index (χ0n) is 16.3. The lowest BCUT2D eigenvalue weighted by atomic mass is 10.0. The fraction of sp³-hybridized carbons (Fsp3) is 0.0909. The van der Waals surface area contributed by atoms with Gasteiger partial charge in [-0.15, -0.1) is 11.3 Å². The third kappa shape index (κ3) is 4.74. The largest absolute Gasteiger partial charge is 0.409 e. The van der Waals surface area contributed by atoms with E-state index >= 15 is 0 Å². The Balaban J connectivity index is 1.72. The minimum absolute atomic E-state index is 0.0109. The van der Waals surface area contributed by atoms with Crippen LogP contribution >= 0.6 is 11.3 Å². The fourth-order valence-corrected chi connectivity index (χ4v) is 5.54. The molecule has 7 nitrogen and oxygen atoms in total. The van der Waals surface area contributed by atoms with E-state index < -0.39 is 16.1 Å². The van der Waals surface area contributed by atoms with Gasteiger partial charge in [-0.05, 0) is 42.3 Å². The van der Waals surface area contributed by atoms with Crippen molar-refractivity contribution >= 4 is 37.4 Å². The highest BCUT2D eigenvalue weighted by atomic mass is 32.2. The molecule has 4 rings (SSSR count). The van der Waals surface area contributed by atoms with Gasteiger partial charge in [0, 0.05) is 5.56 Å². The first-order valence-electron chi connectivity index (χ1n) is 9.46. The second-order valence-corrected chi connectivity index (χ2v) is 9.67. The molecule has 4 N–H and O–H groups in total. The number of amidine groups is 1. The lowest BCUT2D eigenvalue weighted by molar-refractivity contribution is 0.318. The van der Waals surface area contributed by atoms with Gasteiger partial charge >= 0.3 is 0 Å². The summed E-state index contributed by atoms with van der Waals surface area (Å²) in [5.41, 5.74) is 7.90. The van der Waals surface area contributed by atoms with E-state index in [2.05, 4.69) is 14.9 Å². The van der Waals surface area contributed by atoms with Crippen LogP contribution in [0.5, 0.6) is 0 Å². The maximum Gasteiger partial charge on any atom is 0.241 e. The Morgan fingerprint density at radius 2 is 1.81 bits per heavy atom. The molecule has 3 aromatic carbocycles. The number of nitrogens with zero attached hydrogens (tertiary/aromatic N) is 2. The number of aromatic nitrogens is 1. The zero-order chi connectivity index (χ0) is 21.8. The van der Waals surface area contributed by atoms with E-state index in [-0.39, 0.29) is 10.7 Å². The molecule has 0 aliphatic carbocycles. The Morgan fingerprint density at radius 1 is 1.06 bits per heavy atom. The monoisotopic (exact) mass is 452 g/mol. The van der Waals surface area contributed by atoms with Crippen LogP contribution in [-0.4, -0.2) is 24.4 Å². The predicted octanol–water partition coefficient (Wildman–Crippen LogP) is 3.65. The molecule has 0 saturated heterocycles. The number of fused-ring (bicyclic) bond motifs is 1. The molecule has 1 heterocycles. The number of hydrogen-bond donors (Lipinski definition) is 3. The molecule has 0 aliphatic heterocycles. The van der Waals surface area contributed by atoms with Crippen LogP contribution in [0.1, 0.15) is 22.2 Å². The number of rotatable bonds is 7. The lowest BCUT2D eigenvalue weighted by Gasteiger charge is -2.17. The van der Waals surface area contributed by atoms with Gasteiger partial charge in [0.25, 0.3) is 0 Å². The van der Waals surface area contributed by atoms with Crippen LogP contribution in [0.25, 0.3) is 10.2 Å². The molecule has 0 aliphatic rings. The normalized spacial score (nSPS) is 13.4. The first kappa shape index (κ1) is 21.0. The van der Waals surface area contributed by atoms with Gasteiger partial charge in [0.05, 0.1) is 21.2 Å². The van der Waals surface area contributed by atoms with E-state index in [4.69, 9.17) is 10.9 Å². The summed E-state index contributed by atoms with van der Waals surface area (Å²) < 4.78 is 29.9. The van der Waals surface area contributed by atoms with E-state index in [1.807, 2.05) is 30.3 Å². The molecule has 1 atom stereocenters. The summed E-state index contributed by atoms with van der Waals surface area (Å²) in [7, 11) is -3.77. The number of para-hydroxylation sites is 1. The van der Waals surface area contributed by atoms with Crippen molar-refractivity contribution < 1.29 is 13.6 Å². The smallest absolute Gasteiger partial charge is 0.241 e. The Kier molecular flexibility index (Phi) is 5.99. The summed E-state index contributed by atoms with van der Waals surface area (Å²) in [4.78, 5) is 4.85. The highest BCUT2D eigenvalue weighted by Gasteiger charge is 2.24. The molecule has 0 saturated carbocycles. The van der Waals surface area contributed by atoms with Crippen LogP contribution in [0.15, 0.2) is 88.9 Å². The van der Waals surface area contributed by atoms with Crippen molar-refractivity contribution in [1.82, 2.24) is 9.71 Å². The highest BCUT2D eigenvalue weighted by molar-refractivity contribution is 7.89. The van der Waals surface area contributed by atoms with E-state index in [9.17, 15) is 8.42 Å². The average molecular weight is 453 g/mol. The first-order chi connectivity index (χ1) is 15.0. The maximum atomic E-state index is 13.0. The van der Waals surface area contributed by atoms with E-state index in [1.165, 1.54) is 11.3 Å². The standard InChI is InChI=1S/C22H20N4O3S2/c23-21(25-27)16-8-6-7-15(13-16)14-19(22-24-18-11-4-5-12-20(18)30-22)26-31(28,29)17-9-2-1-3-10-17/h1-13,19,26-27H,14H2,(H2,23,25). The van der Waals surface area contributed by atoms with Gasteiger partial charge in [0.2, 0.25) is 10.0 Å². The van der Waals surface area contributed by atoms with E-state index in [1.54, 1.807) is 48.5 Å². The maximum absolute atomic E-state index is 13.0. The topological polar surface area (TPSA) is 118 Å². The fourth-order valence-electron chi connectivity index (χ4n) is 3.22. The van der Waals surface area contributed by atoms with Gasteiger partial charge in [-0.3, -0.25) is 0 Å². The summed E-state index contributed by atoms with van der Waals surface area (Å²) in [6.07, 6.45) is 0.346. The summed E-state index contributed by atoms with van der Waals surface area (Å²) in [6.45, 7) is 0. The third-order valence-corrected chi connectivity index (χ3v) is 7.37. The molecule has 9 heteroatoms. The van der Waals surface area contributed by atoms with Crippen LogP contribution < -0.4 is 10.5 Å². The van der Waals surface area contributed by atoms with E-state index in [0.29, 0.717) is 17.0 Å². The van der Waals surface area contributed by atoms with Gasteiger partial charge in [-0.2, -0.15) is 0 Å². The number of nitrogens with one attached hydrogen (secondary N) is 1. The van der Waals surface area contributed by atoms with Gasteiger partial charge in [-0.25, -0.2) is 18.1 Å². The Hall–Kier alpha value is -3.27. The second-order valence-electron chi connectivity index (χ2n) is 6.90. The van der Waals surface area contributed by atoms with Gasteiger partial charge < -0.3 is 10.9 Å². The molecule has 0 bridgehead atoms. The first-order valence-corrected chi connectivity index (χ1v) is 11.8. The predicted molar refractivity (Wildman–Crippen MR) is 122 cm³/mol. The van der Waals surface area contributed by atoms with Crippen molar-refractivity contribution in [2.75, 3.05) is 0 Å². The van der Waals surface area contributed by atoms with Crippen molar-refractivity contribution in [3.05, 3.63) is 95.0 Å². The Morgan fingerprint density at radius 3 is 2.55 bits per heavy atom. The van der Waals surface area contributed by atoms with Crippen molar-refractivity contribution in [3.63, 3.8) is 0 Å². The molecule has 1 aromatic heterocycles. The van der Waals surface area contributed by atoms with Crippen molar-refractivity contribution in [1.29, 1.82) is 0 Å². The molecular formula is C22H20N4O3S2. The SMILES string of the molecule is N/C(=N\O)c1cccc(CC(NS(=O)(=O)c2ccccc2)c2nc3ccccc3s2)c1. The summed E-state index contributed by atoms with van der Waals surface area (Å²) in [6, 6.07) is 22.5. The van der Waals surface area contributed by atoms with Gasteiger partial charge in [-0.1, -0.05) is 53.7 Å². The number of oxime groups is 1. The number of sulfonamides is 1. The molecule has 1 unspecified atom stereocenters. The third-order valence-electron chi connectivity index (χ3n) is 4.73. The van der Waals surface area contributed by atoms with Crippen molar-refractivity contribution in [2.45, 2.75) is 17.4 Å². The van der Waals surface area contributed by atoms with Gasteiger partial charge in [0.1, 0.15) is 5.01 Å². The van der Waals surface area contributed by atoms with E-state index in [0.717, 1.165) is 15.8 Å². The van der Waals surface area contributed by atoms with Crippen molar-refractivity contribution in [2.24, 2.45) is 10.9 Å². The molecular weight excluding hydrogens is 432 g/mol. The van der Waals surface area contributed by atoms with Crippen LogP contribution in [0, 0.1) is 0 Å². The van der Waals surface area contributed by atoms with Crippen LogP contribution in [0.4, 0.5) is 0 Å². The quantitative estimate of drug-likeness (QED) is 0.171. The number of thiazole rings is 1. The lowest BCUT2D eigenvalue weighted by Crippen LogP contribution is -2.30. The molecule has 0 fully saturated rings. The number of benzene rings is 3. The molecule has 158 valence electrons. The zero-order valence-corrected chi connectivity index (χ0v) is 18.0. The number of nitrogens with two attached hydrogens (primary N) is 1. The average Bonchev–Trinajstić information content (AvgIpc) is 3.23. The summed E-state index contributed by atoms with van der Waals surface area (Å²) in [5, 5.41) is 12.7. The van der Waals surface area contributed by atoms with Crippen LogP contribution in [0.3, 0.4) is 0 Å². The Labute approximate surface area is 183 Å². The van der Waals surface area contributed by atoms with Crippen molar-refractivity contribution in [3.8, 4) is 0 Å². The number of hydrogen-bond acceptors (Lipinski definition) is 6. The molecule has 31 heavy (non-hydrogen) atoms. The minimum atomic E-state index is -3.77. The highest BCUT2D eigenvalue weighted by Crippen LogP contribution is 2.29. The Bertz CT molecular complexity index is 1300. The second kappa shape index (κ2) is 8.84. The van der Waals surface area contributed by atoms with Crippen LogP contribution in [-0.2, 0) is 16.4 Å².